The van der Waals surface area contributed by atoms with Gasteiger partial charge in [0.2, 0.25) is 25.2 Å². The molecule has 0 bridgehead atoms. The maximum Gasteiger partial charge on any atom is 0.234 e. The van der Waals surface area contributed by atoms with Crippen LogP contribution in [0.5, 0.6) is 0 Å². The van der Waals surface area contributed by atoms with Crippen LogP contribution in [0, 0.1) is 5.41 Å². The summed E-state index contributed by atoms with van der Waals surface area (Å²) in [5, 5.41) is 11.2. The van der Waals surface area contributed by atoms with Gasteiger partial charge in [-0.05, 0) is 31.3 Å². The first kappa shape index (κ1) is 13.9. The molecule has 0 saturated carbocycles. The molecule has 1 aromatic heterocycles. The highest BCUT2D eigenvalue weighted by molar-refractivity contribution is 7.92. The van der Waals surface area contributed by atoms with E-state index in [9.17, 15) is 13.2 Å². The molecule has 1 N–H and O–H groups in total. The van der Waals surface area contributed by atoms with E-state index in [0.717, 1.165) is 43.5 Å². The van der Waals surface area contributed by atoms with Gasteiger partial charge in [-0.2, -0.15) is 0 Å². The molecule has 2 fully saturated rings. The van der Waals surface area contributed by atoms with Gasteiger partial charge in [-0.15, -0.1) is 10.2 Å². The molecule has 0 aromatic carbocycles. The third-order valence-corrected chi connectivity index (χ3v) is 6.54. The van der Waals surface area contributed by atoms with Crippen molar-refractivity contribution < 1.29 is 13.2 Å². The Balaban J connectivity index is 1.84. The number of hydrogen-bond acceptors (Lipinski definition) is 7. The molecular formula is C11H16N4O3S2. The Hall–Kier alpha value is -1.06. The lowest BCUT2D eigenvalue weighted by molar-refractivity contribution is -0.117. The summed E-state index contributed by atoms with van der Waals surface area (Å²) >= 11 is 0.967. The van der Waals surface area contributed by atoms with Crippen LogP contribution in [0.15, 0.2) is 4.34 Å². The normalized spacial score (nSPS) is 22.6. The highest BCUT2D eigenvalue weighted by atomic mass is 32.2. The fourth-order valence-corrected chi connectivity index (χ4v) is 4.44. The van der Waals surface area contributed by atoms with Gasteiger partial charge in [-0.25, -0.2) is 8.42 Å². The third kappa shape index (κ3) is 2.45. The summed E-state index contributed by atoms with van der Waals surface area (Å²) in [5.74, 6) is 0.0168. The minimum Gasteiger partial charge on any atom is -0.317 e. The summed E-state index contributed by atoms with van der Waals surface area (Å²) in [6.45, 7) is 2.46. The van der Waals surface area contributed by atoms with E-state index in [1.54, 1.807) is 4.90 Å². The van der Waals surface area contributed by atoms with Crippen LogP contribution < -0.4 is 10.2 Å². The Morgan fingerprint density at radius 1 is 1.30 bits per heavy atom. The molecule has 7 nitrogen and oxygen atoms in total. The van der Waals surface area contributed by atoms with Crippen molar-refractivity contribution >= 4 is 32.2 Å². The first-order valence-corrected chi connectivity index (χ1v) is 9.15. The van der Waals surface area contributed by atoms with Gasteiger partial charge in [0.25, 0.3) is 0 Å². The first-order chi connectivity index (χ1) is 9.40. The van der Waals surface area contributed by atoms with E-state index in [4.69, 9.17) is 0 Å². The van der Waals surface area contributed by atoms with Gasteiger partial charge in [0.1, 0.15) is 0 Å². The lowest BCUT2D eigenvalue weighted by atomic mass is 9.78. The number of rotatable bonds is 2. The zero-order valence-electron chi connectivity index (χ0n) is 11.1. The van der Waals surface area contributed by atoms with E-state index in [1.165, 1.54) is 0 Å². The molecule has 3 heterocycles. The minimum absolute atomic E-state index is 0.0132. The molecule has 3 rings (SSSR count). The molecule has 20 heavy (non-hydrogen) atoms. The summed E-state index contributed by atoms with van der Waals surface area (Å²) in [5.41, 5.74) is 0.0132. The zero-order valence-corrected chi connectivity index (χ0v) is 12.8. The van der Waals surface area contributed by atoms with Crippen molar-refractivity contribution in [2.75, 3.05) is 30.8 Å². The number of aromatic nitrogens is 2. The molecule has 0 radical (unpaired) electrons. The smallest absolute Gasteiger partial charge is 0.234 e. The lowest BCUT2D eigenvalue weighted by Gasteiger charge is -2.32. The maximum atomic E-state index is 12.2. The maximum absolute atomic E-state index is 12.2. The summed E-state index contributed by atoms with van der Waals surface area (Å²) in [6.07, 6.45) is 3.54. The van der Waals surface area contributed by atoms with Crippen LogP contribution in [0.2, 0.25) is 0 Å². The molecule has 1 spiro atoms. The fourth-order valence-electron chi connectivity index (χ4n) is 2.82. The summed E-state index contributed by atoms with van der Waals surface area (Å²) in [7, 11) is -3.37. The molecule has 110 valence electrons. The number of amides is 1. The topological polar surface area (TPSA) is 92.3 Å². The second-order valence-corrected chi connectivity index (χ2v) is 8.67. The Bertz CT molecular complexity index is 634. The van der Waals surface area contributed by atoms with Crippen LogP contribution in [-0.2, 0) is 14.6 Å². The highest BCUT2D eigenvalue weighted by Crippen LogP contribution is 2.41. The standard InChI is InChI=1S/C11H16N4O3S2/c1-20(17,18)10-14-13-9(19-10)15-7-11(6-8(15)16)2-4-12-5-3-11/h12H,2-7H2,1H3. The Morgan fingerprint density at radius 2 is 2.00 bits per heavy atom. The molecule has 2 aliphatic heterocycles. The molecular weight excluding hydrogens is 300 g/mol. The van der Waals surface area contributed by atoms with Crippen LogP contribution >= 0.6 is 11.3 Å². The van der Waals surface area contributed by atoms with Crippen molar-refractivity contribution in [2.24, 2.45) is 5.41 Å². The number of piperidine rings is 1. The zero-order chi connectivity index (χ0) is 14.4. The number of carbonyl (C=O) groups excluding carboxylic acids is 1. The van der Waals surface area contributed by atoms with Crippen molar-refractivity contribution in [2.45, 2.75) is 23.6 Å². The number of nitrogens with zero attached hydrogens (tertiary/aromatic N) is 3. The average Bonchev–Trinajstić information content (AvgIpc) is 2.95. The van der Waals surface area contributed by atoms with E-state index in [0.29, 0.717) is 18.1 Å². The van der Waals surface area contributed by atoms with Crippen molar-refractivity contribution in [3.8, 4) is 0 Å². The average molecular weight is 316 g/mol. The SMILES string of the molecule is CS(=O)(=O)c1nnc(N2CC3(CCNCC3)CC2=O)s1. The van der Waals surface area contributed by atoms with E-state index >= 15 is 0 Å². The van der Waals surface area contributed by atoms with Crippen LogP contribution in [0.1, 0.15) is 19.3 Å². The highest BCUT2D eigenvalue weighted by Gasteiger charge is 2.45. The van der Waals surface area contributed by atoms with Gasteiger partial charge in [0.15, 0.2) is 0 Å². The summed E-state index contributed by atoms with van der Waals surface area (Å²) in [6, 6.07) is 0. The van der Waals surface area contributed by atoms with Crippen molar-refractivity contribution in [1.82, 2.24) is 15.5 Å². The Labute approximate surface area is 121 Å². The van der Waals surface area contributed by atoms with E-state index in [-0.39, 0.29) is 15.7 Å². The Morgan fingerprint density at radius 3 is 2.60 bits per heavy atom. The molecule has 2 saturated heterocycles. The van der Waals surface area contributed by atoms with Crippen LogP contribution in [0.3, 0.4) is 0 Å². The van der Waals surface area contributed by atoms with Crippen LogP contribution in [0.4, 0.5) is 5.13 Å². The van der Waals surface area contributed by atoms with E-state index < -0.39 is 9.84 Å². The molecule has 0 unspecified atom stereocenters. The van der Waals surface area contributed by atoms with Gasteiger partial charge in [-0.3, -0.25) is 9.69 Å². The van der Waals surface area contributed by atoms with Gasteiger partial charge in [-0.1, -0.05) is 11.3 Å². The van der Waals surface area contributed by atoms with Gasteiger partial charge in [0, 0.05) is 19.2 Å². The van der Waals surface area contributed by atoms with E-state index in [2.05, 4.69) is 15.5 Å². The van der Waals surface area contributed by atoms with Gasteiger partial charge >= 0.3 is 0 Å². The Kier molecular flexibility index (Phi) is 3.30. The molecule has 1 aromatic rings. The van der Waals surface area contributed by atoms with E-state index in [1.807, 2.05) is 0 Å². The van der Waals surface area contributed by atoms with Crippen LogP contribution in [-0.4, -0.2) is 50.4 Å². The van der Waals surface area contributed by atoms with Crippen LogP contribution in [0.25, 0.3) is 0 Å². The molecule has 9 heteroatoms. The predicted molar refractivity (Wildman–Crippen MR) is 74.5 cm³/mol. The minimum atomic E-state index is -3.37. The second-order valence-electron chi connectivity index (χ2n) is 5.53. The predicted octanol–water partition coefficient (Wildman–Crippen LogP) is 0.0481. The lowest BCUT2D eigenvalue weighted by Crippen LogP contribution is -2.38. The number of hydrogen-bond donors (Lipinski definition) is 1. The summed E-state index contributed by atoms with van der Waals surface area (Å²) in [4.78, 5) is 13.8. The van der Waals surface area contributed by atoms with Crippen molar-refractivity contribution in [1.29, 1.82) is 0 Å². The number of carbonyl (C=O) groups is 1. The first-order valence-electron chi connectivity index (χ1n) is 6.44. The summed E-state index contributed by atoms with van der Waals surface area (Å²) < 4.78 is 22.8. The third-order valence-electron chi connectivity index (χ3n) is 3.93. The van der Waals surface area contributed by atoms with Crippen molar-refractivity contribution in [3.63, 3.8) is 0 Å². The molecule has 0 atom stereocenters. The quantitative estimate of drug-likeness (QED) is 0.775. The molecule has 1 amide bonds. The molecule has 0 aliphatic carbocycles. The van der Waals surface area contributed by atoms with Crippen molar-refractivity contribution in [3.05, 3.63) is 0 Å². The number of anilines is 1. The monoisotopic (exact) mass is 316 g/mol. The van der Waals surface area contributed by atoms with Gasteiger partial charge in [0.05, 0.1) is 0 Å². The molecule has 2 aliphatic rings. The number of sulfone groups is 1. The fraction of sp³-hybridized carbons (Fsp3) is 0.727. The largest absolute Gasteiger partial charge is 0.317 e. The van der Waals surface area contributed by atoms with Gasteiger partial charge < -0.3 is 5.32 Å². The second kappa shape index (κ2) is 4.74. The number of nitrogens with one attached hydrogen (secondary N) is 1.